The molecule has 2 aliphatic rings. The van der Waals surface area contributed by atoms with Gasteiger partial charge >= 0.3 is 0 Å². The van der Waals surface area contributed by atoms with Gasteiger partial charge in [0.25, 0.3) is 0 Å². The van der Waals surface area contributed by atoms with Crippen molar-refractivity contribution in [2.75, 3.05) is 13.2 Å². The van der Waals surface area contributed by atoms with E-state index >= 15 is 0 Å². The van der Waals surface area contributed by atoms with E-state index < -0.39 is 0 Å². The molecule has 1 spiro atoms. The summed E-state index contributed by atoms with van der Waals surface area (Å²) in [5, 5.41) is 3.58. The molecule has 0 heterocycles. The van der Waals surface area contributed by atoms with Gasteiger partial charge < -0.3 is 10.1 Å². The van der Waals surface area contributed by atoms with Crippen molar-refractivity contribution in [1.82, 2.24) is 5.32 Å². The minimum absolute atomic E-state index is 0.548. The Morgan fingerprint density at radius 2 is 2.15 bits per heavy atom. The highest BCUT2D eigenvalue weighted by atomic mass is 16.5. The van der Waals surface area contributed by atoms with Gasteiger partial charge in [0, 0.05) is 18.1 Å². The molecule has 0 amide bonds. The number of nitrogens with one attached hydrogen (secondary N) is 1. The van der Waals surface area contributed by atoms with Gasteiger partial charge in [-0.05, 0) is 32.7 Å². The second-order valence-corrected chi connectivity index (χ2v) is 4.38. The van der Waals surface area contributed by atoms with Gasteiger partial charge in [0.15, 0.2) is 0 Å². The molecule has 0 aliphatic heterocycles. The predicted octanol–water partition coefficient (Wildman–Crippen LogP) is 1.94. The lowest BCUT2D eigenvalue weighted by atomic mass is 9.51. The average Bonchev–Trinajstić information content (AvgIpc) is 1.99. The van der Waals surface area contributed by atoms with E-state index in [1.54, 1.807) is 0 Å². The monoisotopic (exact) mass is 183 g/mol. The summed E-state index contributed by atoms with van der Waals surface area (Å²) in [7, 11) is 0. The van der Waals surface area contributed by atoms with E-state index in [0.717, 1.165) is 19.2 Å². The SMILES string of the molecule is CCNC1CC(OCC)C12CCC2. The molecule has 0 bridgehead atoms. The predicted molar refractivity (Wildman–Crippen MR) is 53.8 cm³/mol. The van der Waals surface area contributed by atoms with E-state index in [4.69, 9.17) is 4.74 Å². The highest BCUT2D eigenvalue weighted by Crippen LogP contribution is 2.57. The van der Waals surface area contributed by atoms with Crippen molar-refractivity contribution in [1.29, 1.82) is 0 Å². The van der Waals surface area contributed by atoms with Crippen molar-refractivity contribution < 1.29 is 4.74 Å². The lowest BCUT2D eigenvalue weighted by Crippen LogP contribution is -2.66. The third-order valence-electron chi connectivity index (χ3n) is 3.89. The minimum atomic E-state index is 0.548. The van der Waals surface area contributed by atoms with E-state index in [0.29, 0.717) is 11.5 Å². The van der Waals surface area contributed by atoms with Gasteiger partial charge in [0.2, 0.25) is 0 Å². The molecule has 2 aliphatic carbocycles. The van der Waals surface area contributed by atoms with E-state index in [-0.39, 0.29) is 0 Å². The van der Waals surface area contributed by atoms with Crippen LogP contribution >= 0.6 is 0 Å². The van der Waals surface area contributed by atoms with E-state index in [1.165, 1.54) is 25.7 Å². The molecule has 76 valence electrons. The van der Waals surface area contributed by atoms with E-state index in [9.17, 15) is 0 Å². The Morgan fingerprint density at radius 1 is 1.38 bits per heavy atom. The summed E-state index contributed by atoms with van der Waals surface area (Å²) >= 11 is 0. The van der Waals surface area contributed by atoms with Gasteiger partial charge in [-0.3, -0.25) is 0 Å². The molecule has 2 saturated carbocycles. The Kier molecular flexibility index (Phi) is 2.61. The van der Waals surface area contributed by atoms with Gasteiger partial charge in [-0.2, -0.15) is 0 Å². The molecular weight excluding hydrogens is 162 g/mol. The summed E-state index contributed by atoms with van der Waals surface area (Å²) in [6.07, 6.45) is 5.98. The summed E-state index contributed by atoms with van der Waals surface area (Å²) < 4.78 is 5.77. The van der Waals surface area contributed by atoms with Crippen molar-refractivity contribution in [3.05, 3.63) is 0 Å². The molecule has 0 aromatic carbocycles. The molecule has 0 aromatic rings. The van der Waals surface area contributed by atoms with E-state index in [2.05, 4.69) is 19.2 Å². The van der Waals surface area contributed by atoms with Gasteiger partial charge in [0.05, 0.1) is 6.10 Å². The maximum Gasteiger partial charge on any atom is 0.0661 e. The zero-order valence-corrected chi connectivity index (χ0v) is 8.81. The third-order valence-corrected chi connectivity index (χ3v) is 3.89. The van der Waals surface area contributed by atoms with Crippen LogP contribution in [-0.2, 0) is 4.74 Å². The highest BCUT2D eigenvalue weighted by Gasteiger charge is 2.58. The van der Waals surface area contributed by atoms with Crippen LogP contribution in [0.1, 0.15) is 39.5 Å². The van der Waals surface area contributed by atoms with Crippen LogP contribution in [0.3, 0.4) is 0 Å². The maximum atomic E-state index is 5.77. The second-order valence-electron chi connectivity index (χ2n) is 4.38. The average molecular weight is 183 g/mol. The van der Waals surface area contributed by atoms with Crippen LogP contribution in [0.2, 0.25) is 0 Å². The van der Waals surface area contributed by atoms with Gasteiger partial charge in [0.1, 0.15) is 0 Å². The van der Waals surface area contributed by atoms with Crippen LogP contribution in [0, 0.1) is 5.41 Å². The topological polar surface area (TPSA) is 21.3 Å². The first kappa shape index (κ1) is 9.47. The van der Waals surface area contributed by atoms with Gasteiger partial charge in [-0.15, -0.1) is 0 Å². The van der Waals surface area contributed by atoms with Crippen molar-refractivity contribution >= 4 is 0 Å². The Bertz CT molecular complexity index is 163. The molecule has 13 heavy (non-hydrogen) atoms. The Labute approximate surface area is 81.0 Å². The van der Waals surface area contributed by atoms with Crippen LogP contribution in [0.5, 0.6) is 0 Å². The largest absolute Gasteiger partial charge is 0.378 e. The minimum Gasteiger partial charge on any atom is -0.378 e. The Balaban J connectivity index is 1.90. The Hall–Kier alpha value is -0.0800. The molecule has 2 heteroatoms. The summed E-state index contributed by atoms with van der Waals surface area (Å²) in [5.74, 6) is 0. The highest BCUT2D eigenvalue weighted by molar-refractivity contribution is 5.11. The molecule has 2 nitrogen and oxygen atoms in total. The summed E-state index contributed by atoms with van der Waals surface area (Å²) in [4.78, 5) is 0. The third kappa shape index (κ3) is 1.31. The molecule has 2 unspecified atom stereocenters. The summed E-state index contributed by atoms with van der Waals surface area (Å²) in [5.41, 5.74) is 0.548. The fourth-order valence-electron chi connectivity index (χ4n) is 2.97. The molecule has 2 atom stereocenters. The zero-order chi connectivity index (χ0) is 9.31. The lowest BCUT2D eigenvalue weighted by Gasteiger charge is -2.61. The van der Waals surface area contributed by atoms with Crippen molar-refractivity contribution in [3.8, 4) is 0 Å². The second kappa shape index (κ2) is 3.58. The number of hydrogen-bond donors (Lipinski definition) is 1. The Morgan fingerprint density at radius 3 is 2.62 bits per heavy atom. The number of rotatable bonds is 4. The first-order valence-corrected chi connectivity index (χ1v) is 5.68. The van der Waals surface area contributed by atoms with Gasteiger partial charge in [-0.25, -0.2) is 0 Å². The standard InChI is InChI=1S/C11H21NO/c1-3-12-9-8-10(13-4-2)11(9)6-5-7-11/h9-10,12H,3-8H2,1-2H3. The molecule has 2 fully saturated rings. The first-order valence-electron chi connectivity index (χ1n) is 5.68. The fourth-order valence-corrected chi connectivity index (χ4v) is 2.97. The smallest absolute Gasteiger partial charge is 0.0661 e. The zero-order valence-electron chi connectivity index (χ0n) is 8.81. The van der Waals surface area contributed by atoms with Crippen molar-refractivity contribution in [3.63, 3.8) is 0 Å². The van der Waals surface area contributed by atoms with Crippen LogP contribution in [0.15, 0.2) is 0 Å². The molecule has 2 rings (SSSR count). The lowest BCUT2D eigenvalue weighted by molar-refractivity contribution is -0.172. The molecule has 0 radical (unpaired) electrons. The van der Waals surface area contributed by atoms with Crippen molar-refractivity contribution in [2.45, 2.75) is 51.7 Å². The summed E-state index contributed by atoms with van der Waals surface area (Å²) in [6, 6.07) is 0.753. The van der Waals surface area contributed by atoms with Crippen LogP contribution < -0.4 is 5.32 Å². The van der Waals surface area contributed by atoms with Crippen LogP contribution in [0.4, 0.5) is 0 Å². The molecule has 0 aromatic heterocycles. The maximum absolute atomic E-state index is 5.77. The number of ether oxygens (including phenoxy) is 1. The summed E-state index contributed by atoms with van der Waals surface area (Å²) in [6.45, 7) is 6.28. The molecule has 0 saturated heterocycles. The number of hydrogen-bond acceptors (Lipinski definition) is 2. The van der Waals surface area contributed by atoms with Gasteiger partial charge in [-0.1, -0.05) is 13.3 Å². The molecule has 1 N–H and O–H groups in total. The first-order chi connectivity index (χ1) is 6.33. The van der Waals surface area contributed by atoms with Crippen LogP contribution in [-0.4, -0.2) is 25.3 Å². The normalized spacial score (nSPS) is 35.5. The fraction of sp³-hybridized carbons (Fsp3) is 1.00. The molecular formula is C11H21NO. The van der Waals surface area contributed by atoms with E-state index in [1.807, 2.05) is 0 Å². The van der Waals surface area contributed by atoms with Crippen LogP contribution in [0.25, 0.3) is 0 Å². The quantitative estimate of drug-likeness (QED) is 0.719. The van der Waals surface area contributed by atoms with Crippen molar-refractivity contribution in [2.24, 2.45) is 5.41 Å².